The summed E-state index contributed by atoms with van der Waals surface area (Å²) in [5.74, 6) is 0.712. The third-order valence-electron chi connectivity index (χ3n) is 5.53. The smallest absolute Gasteiger partial charge is 0.414 e. The van der Waals surface area contributed by atoms with Crippen LogP contribution in [0.15, 0.2) is 48.7 Å². The Bertz CT molecular complexity index is 1330. The lowest BCUT2D eigenvalue weighted by Crippen LogP contribution is -2.34. The molecule has 2 aromatic heterocycles. The minimum absolute atomic E-state index is 0.0680. The molecular formula is C24H22N4O7. The second kappa shape index (κ2) is 9.37. The van der Waals surface area contributed by atoms with Crippen LogP contribution in [0.25, 0.3) is 16.8 Å². The predicted octanol–water partition coefficient (Wildman–Crippen LogP) is 2.45. The van der Waals surface area contributed by atoms with Crippen LogP contribution in [0.5, 0.6) is 17.4 Å². The van der Waals surface area contributed by atoms with Crippen molar-refractivity contribution < 1.29 is 33.6 Å². The molecule has 3 aromatic rings. The van der Waals surface area contributed by atoms with Crippen LogP contribution in [-0.4, -0.2) is 66.6 Å². The fraction of sp³-hybridized carbons (Fsp3) is 0.250. The summed E-state index contributed by atoms with van der Waals surface area (Å²) in [7, 11) is 1.48. The van der Waals surface area contributed by atoms with E-state index in [4.69, 9.17) is 18.9 Å². The summed E-state index contributed by atoms with van der Waals surface area (Å²) in [4.78, 5) is 34.8. The molecule has 1 aromatic carbocycles. The Balaban J connectivity index is 1.23. The van der Waals surface area contributed by atoms with Crippen molar-refractivity contribution in [1.82, 2.24) is 15.3 Å². The van der Waals surface area contributed by atoms with Crippen LogP contribution in [0.1, 0.15) is 5.56 Å². The lowest BCUT2D eigenvalue weighted by molar-refractivity contribution is -0.116. The molecule has 180 valence electrons. The first-order chi connectivity index (χ1) is 17.0. The normalized spacial score (nSPS) is 17.3. The molecule has 1 fully saturated rings. The maximum absolute atomic E-state index is 12.4. The molecule has 1 saturated heterocycles. The van der Waals surface area contributed by atoms with E-state index in [0.717, 1.165) is 6.08 Å². The van der Waals surface area contributed by atoms with Crippen molar-refractivity contribution in [1.29, 1.82) is 0 Å². The molecule has 0 bridgehead atoms. The zero-order valence-electron chi connectivity index (χ0n) is 18.8. The zero-order valence-corrected chi connectivity index (χ0v) is 18.8. The predicted molar refractivity (Wildman–Crippen MR) is 125 cm³/mol. The maximum atomic E-state index is 12.4. The van der Waals surface area contributed by atoms with Crippen LogP contribution < -0.4 is 24.4 Å². The number of amides is 2. The molecule has 4 heterocycles. The molecule has 2 aliphatic rings. The average Bonchev–Trinajstić information content (AvgIpc) is 3.26. The van der Waals surface area contributed by atoms with Crippen LogP contribution >= 0.6 is 0 Å². The summed E-state index contributed by atoms with van der Waals surface area (Å²) in [5.41, 5.74) is 1.88. The Hall–Kier alpha value is -4.54. The van der Waals surface area contributed by atoms with E-state index in [0.29, 0.717) is 52.9 Å². The molecule has 0 spiro atoms. The second-order valence-electron chi connectivity index (χ2n) is 7.80. The fourth-order valence-corrected chi connectivity index (χ4v) is 3.83. The summed E-state index contributed by atoms with van der Waals surface area (Å²) >= 11 is 0. The number of carbonyl (C=O) groups is 2. The van der Waals surface area contributed by atoms with Gasteiger partial charge in [0.15, 0.2) is 11.5 Å². The lowest BCUT2D eigenvalue weighted by atomic mass is 10.1. The van der Waals surface area contributed by atoms with Crippen molar-refractivity contribution in [2.45, 2.75) is 6.10 Å². The quantitative estimate of drug-likeness (QED) is 0.405. The third-order valence-corrected chi connectivity index (χ3v) is 5.53. The number of pyridine rings is 2. The first-order valence-corrected chi connectivity index (χ1v) is 10.9. The first kappa shape index (κ1) is 22.3. The van der Waals surface area contributed by atoms with Crippen LogP contribution in [-0.2, 0) is 9.53 Å². The minimum Gasteiger partial charge on any atom is -0.507 e. The van der Waals surface area contributed by atoms with Crippen molar-refractivity contribution >= 4 is 34.5 Å². The van der Waals surface area contributed by atoms with Gasteiger partial charge in [-0.25, -0.2) is 9.78 Å². The van der Waals surface area contributed by atoms with Gasteiger partial charge in [0.1, 0.15) is 30.6 Å². The van der Waals surface area contributed by atoms with E-state index in [9.17, 15) is 14.7 Å². The highest BCUT2D eigenvalue weighted by Crippen LogP contribution is 2.35. The molecular weight excluding hydrogens is 456 g/mol. The highest BCUT2D eigenvalue weighted by atomic mass is 16.6. The van der Waals surface area contributed by atoms with Gasteiger partial charge in [-0.2, -0.15) is 0 Å². The van der Waals surface area contributed by atoms with Crippen LogP contribution in [0, 0.1) is 0 Å². The number of benzene rings is 1. The Morgan fingerprint density at radius 1 is 1.23 bits per heavy atom. The SMILES string of the molecule is COc1ccc2nccc(C(O)=CC(=O)NCC3CN(c4ccc5c(c4)OCCO5)C(=O)O3)c2n1. The Kier molecular flexibility index (Phi) is 5.96. The van der Waals surface area contributed by atoms with Crippen LogP contribution in [0.2, 0.25) is 0 Å². The summed E-state index contributed by atoms with van der Waals surface area (Å²) in [6.45, 7) is 1.23. The number of anilines is 1. The van der Waals surface area contributed by atoms with Gasteiger partial charge in [0.05, 0.1) is 31.4 Å². The van der Waals surface area contributed by atoms with Crippen molar-refractivity contribution in [2.24, 2.45) is 0 Å². The van der Waals surface area contributed by atoms with Gasteiger partial charge in [-0.05, 0) is 24.3 Å². The average molecular weight is 478 g/mol. The Morgan fingerprint density at radius 3 is 2.89 bits per heavy atom. The number of carbonyl (C=O) groups excluding carboxylic acids is 2. The number of fused-ring (bicyclic) bond motifs is 2. The van der Waals surface area contributed by atoms with E-state index in [1.54, 1.807) is 36.4 Å². The molecule has 11 heteroatoms. The second-order valence-corrected chi connectivity index (χ2v) is 7.80. The molecule has 2 amide bonds. The standard InChI is InChI=1S/C24H22N4O7/c1-32-22-5-3-17-23(27-22)16(6-7-25-17)18(29)11-21(30)26-12-15-13-28(24(31)35-15)14-2-4-19-20(10-14)34-9-8-33-19/h2-7,10-11,15,29H,8-9,12-13H2,1H3,(H,26,30). The molecule has 1 atom stereocenters. The summed E-state index contributed by atoms with van der Waals surface area (Å²) < 4.78 is 21.6. The van der Waals surface area contributed by atoms with Gasteiger partial charge in [-0.15, -0.1) is 0 Å². The molecule has 11 nitrogen and oxygen atoms in total. The number of rotatable bonds is 6. The molecule has 1 unspecified atom stereocenters. The highest BCUT2D eigenvalue weighted by molar-refractivity contribution is 5.97. The minimum atomic E-state index is -0.567. The maximum Gasteiger partial charge on any atom is 0.414 e. The third kappa shape index (κ3) is 4.60. The molecule has 35 heavy (non-hydrogen) atoms. The number of ether oxygens (including phenoxy) is 4. The molecule has 5 rings (SSSR count). The van der Waals surface area contributed by atoms with Gasteiger partial charge in [-0.1, -0.05) is 0 Å². The number of nitrogens with zero attached hydrogens (tertiary/aromatic N) is 3. The topological polar surface area (TPSA) is 132 Å². The van der Waals surface area contributed by atoms with E-state index < -0.39 is 18.1 Å². The number of hydrogen-bond acceptors (Lipinski definition) is 9. The van der Waals surface area contributed by atoms with E-state index in [1.807, 2.05) is 0 Å². The van der Waals surface area contributed by atoms with Crippen molar-refractivity contribution in [3.05, 3.63) is 54.2 Å². The molecule has 2 N–H and O–H groups in total. The molecule has 2 aliphatic heterocycles. The van der Waals surface area contributed by atoms with Gasteiger partial charge in [-0.3, -0.25) is 14.7 Å². The fourth-order valence-electron chi connectivity index (χ4n) is 3.83. The monoisotopic (exact) mass is 478 g/mol. The van der Waals surface area contributed by atoms with Gasteiger partial charge >= 0.3 is 6.09 Å². The Morgan fingerprint density at radius 2 is 2.06 bits per heavy atom. The van der Waals surface area contributed by atoms with Crippen molar-refractivity contribution in [2.75, 3.05) is 38.3 Å². The van der Waals surface area contributed by atoms with E-state index in [-0.39, 0.29) is 18.8 Å². The van der Waals surface area contributed by atoms with E-state index >= 15 is 0 Å². The van der Waals surface area contributed by atoms with Crippen LogP contribution in [0.4, 0.5) is 10.5 Å². The first-order valence-electron chi connectivity index (χ1n) is 10.9. The van der Waals surface area contributed by atoms with E-state index in [1.165, 1.54) is 18.2 Å². The van der Waals surface area contributed by atoms with Crippen molar-refractivity contribution in [3.63, 3.8) is 0 Å². The number of aliphatic hydroxyl groups is 1. The number of hydrogen-bond donors (Lipinski definition) is 2. The van der Waals surface area contributed by atoms with Crippen molar-refractivity contribution in [3.8, 4) is 17.4 Å². The molecule has 0 radical (unpaired) electrons. The zero-order chi connectivity index (χ0) is 24.4. The largest absolute Gasteiger partial charge is 0.507 e. The lowest BCUT2D eigenvalue weighted by Gasteiger charge is -2.21. The summed E-state index contributed by atoms with van der Waals surface area (Å²) in [6.07, 6.45) is 1.47. The number of aromatic nitrogens is 2. The van der Waals surface area contributed by atoms with Gasteiger partial charge in [0.2, 0.25) is 11.8 Å². The van der Waals surface area contributed by atoms with Crippen LogP contribution in [0.3, 0.4) is 0 Å². The van der Waals surface area contributed by atoms with Gasteiger partial charge in [0.25, 0.3) is 0 Å². The van der Waals surface area contributed by atoms with Gasteiger partial charge < -0.3 is 29.4 Å². The number of nitrogens with one attached hydrogen (secondary N) is 1. The van der Waals surface area contributed by atoms with Gasteiger partial charge in [0, 0.05) is 30.0 Å². The number of methoxy groups -OCH3 is 1. The van der Waals surface area contributed by atoms with E-state index in [2.05, 4.69) is 15.3 Å². The number of aliphatic hydroxyl groups excluding tert-OH is 1. The summed E-state index contributed by atoms with van der Waals surface area (Å²) in [5, 5.41) is 13.2. The Labute approximate surface area is 199 Å². The summed E-state index contributed by atoms with van der Waals surface area (Å²) in [6, 6.07) is 10.1. The highest BCUT2D eigenvalue weighted by Gasteiger charge is 2.33. The number of cyclic esters (lactones) is 1. The molecule has 0 saturated carbocycles. The molecule has 0 aliphatic carbocycles.